The molecule has 0 fully saturated rings. The second-order valence-corrected chi connectivity index (χ2v) is 5.63. The monoisotopic (exact) mass is 217 g/mol. The summed E-state index contributed by atoms with van der Waals surface area (Å²) in [7, 11) is 0. The van der Waals surface area contributed by atoms with Gasteiger partial charge in [0.2, 0.25) is 0 Å². The summed E-state index contributed by atoms with van der Waals surface area (Å²) in [5.41, 5.74) is 3.36. The van der Waals surface area contributed by atoms with Crippen LogP contribution in [0.15, 0.2) is 22.9 Å². The first-order valence-electron chi connectivity index (χ1n) is 5.78. The van der Waals surface area contributed by atoms with Crippen molar-refractivity contribution >= 4 is 11.0 Å². The normalized spacial score (nSPS) is 12.6. The minimum Gasteiger partial charge on any atom is -0.464 e. The maximum Gasteiger partial charge on any atom is 0.140 e. The standard InChI is InChI=1S/C14H19NO/c1-9(2)12-10-6-7-16-13(10)11(8-15-12)14(3,4)5/h6-9H,1-5H3. The Labute approximate surface area is 96.7 Å². The molecule has 2 aromatic heterocycles. The lowest BCUT2D eigenvalue weighted by atomic mass is 9.86. The third kappa shape index (κ3) is 1.73. The van der Waals surface area contributed by atoms with Crippen LogP contribution in [0.3, 0.4) is 0 Å². The van der Waals surface area contributed by atoms with E-state index in [1.165, 1.54) is 5.56 Å². The molecule has 0 atom stereocenters. The van der Waals surface area contributed by atoms with Crippen molar-refractivity contribution in [3.8, 4) is 0 Å². The zero-order chi connectivity index (χ0) is 11.9. The smallest absolute Gasteiger partial charge is 0.140 e. The maximum atomic E-state index is 5.63. The molecule has 0 aliphatic heterocycles. The van der Waals surface area contributed by atoms with E-state index in [1.54, 1.807) is 6.26 Å². The van der Waals surface area contributed by atoms with Crippen molar-refractivity contribution in [2.75, 3.05) is 0 Å². The fourth-order valence-electron chi connectivity index (χ4n) is 1.98. The largest absolute Gasteiger partial charge is 0.464 e. The van der Waals surface area contributed by atoms with Gasteiger partial charge in [0.05, 0.1) is 12.0 Å². The highest BCUT2D eigenvalue weighted by molar-refractivity contribution is 5.83. The van der Waals surface area contributed by atoms with Gasteiger partial charge in [0, 0.05) is 17.1 Å². The third-order valence-corrected chi connectivity index (χ3v) is 2.87. The Balaban J connectivity index is 2.74. The lowest BCUT2D eigenvalue weighted by molar-refractivity contribution is 0.555. The Bertz CT molecular complexity index is 503. The molecule has 86 valence electrons. The number of furan rings is 1. The minimum absolute atomic E-state index is 0.0681. The Morgan fingerprint density at radius 2 is 1.94 bits per heavy atom. The predicted octanol–water partition coefficient (Wildman–Crippen LogP) is 4.25. The van der Waals surface area contributed by atoms with E-state index >= 15 is 0 Å². The number of rotatable bonds is 1. The summed E-state index contributed by atoms with van der Waals surface area (Å²) in [5, 5.41) is 1.16. The third-order valence-electron chi connectivity index (χ3n) is 2.87. The van der Waals surface area contributed by atoms with E-state index in [2.05, 4.69) is 39.6 Å². The van der Waals surface area contributed by atoms with Gasteiger partial charge in [-0.2, -0.15) is 0 Å². The molecule has 16 heavy (non-hydrogen) atoms. The molecule has 0 radical (unpaired) electrons. The average Bonchev–Trinajstić information content (AvgIpc) is 2.61. The van der Waals surface area contributed by atoms with Crippen molar-refractivity contribution in [2.24, 2.45) is 0 Å². The van der Waals surface area contributed by atoms with Crippen molar-refractivity contribution in [2.45, 2.75) is 46.0 Å². The highest BCUT2D eigenvalue weighted by Gasteiger charge is 2.21. The van der Waals surface area contributed by atoms with Crippen LogP contribution >= 0.6 is 0 Å². The van der Waals surface area contributed by atoms with Crippen LogP contribution in [-0.2, 0) is 5.41 Å². The number of hydrogen-bond donors (Lipinski definition) is 0. The first-order valence-corrected chi connectivity index (χ1v) is 5.78. The second-order valence-electron chi connectivity index (χ2n) is 5.63. The van der Waals surface area contributed by atoms with E-state index in [9.17, 15) is 0 Å². The van der Waals surface area contributed by atoms with Crippen LogP contribution in [0.2, 0.25) is 0 Å². The van der Waals surface area contributed by atoms with Crippen molar-refractivity contribution in [1.29, 1.82) is 0 Å². The van der Waals surface area contributed by atoms with Gasteiger partial charge in [0.1, 0.15) is 5.58 Å². The van der Waals surface area contributed by atoms with Gasteiger partial charge in [-0.05, 0) is 17.4 Å². The molecular formula is C14H19NO. The van der Waals surface area contributed by atoms with Gasteiger partial charge in [-0.25, -0.2) is 0 Å². The van der Waals surface area contributed by atoms with Gasteiger partial charge in [-0.15, -0.1) is 0 Å². The summed E-state index contributed by atoms with van der Waals surface area (Å²) < 4.78 is 5.63. The van der Waals surface area contributed by atoms with Gasteiger partial charge in [-0.3, -0.25) is 4.98 Å². The van der Waals surface area contributed by atoms with E-state index in [-0.39, 0.29) is 5.41 Å². The molecule has 2 aromatic rings. The molecule has 0 aromatic carbocycles. The zero-order valence-electron chi connectivity index (χ0n) is 10.7. The summed E-state index contributed by atoms with van der Waals surface area (Å²) in [6.45, 7) is 10.9. The molecule has 2 heterocycles. The molecule has 0 aliphatic rings. The van der Waals surface area contributed by atoms with Gasteiger partial charge in [0.15, 0.2) is 0 Å². The number of fused-ring (bicyclic) bond motifs is 1. The number of pyridine rings is 1. The fourth-order valence-corrected chi connectivity index (χ4v) is 1.98. The SMILES string of the molecule is CC(C)c1ncc(C(C)(C)C)c2occc12. The molecular weight excluding hydrogens is 198 g/mol. The predicted molar refractivity (Wildman–Crippen MR) is 66.8 cm³/mol. The highest BCUT2D eigenvalue weighted by Crippen LogP contribution is 2.33. The van der Waals surface area contributed by atoms with Crippen molar-refractivity contribution in [3.63, 3.8) is 0 Å². The van der Waals surface area contributed by atoms with Crippen molar-refractivity contribution in [1.82, 2.24) is 4.98 Å². The minimum atomic E-state index is 0.0681. The maximum absolute atomic E-state index is 5.63. The fraction of sp³-hybridized carbons (Fsp3) is 0.500. The van der Waals surface area contributed by atoms with Crippen LogP contribution in [0.1, 0.15) is 51.8 Å². The summed E-state index contributed by atoms with van der Waals surface area (Å²) in [4.78, 5) is 4.59. The Morgan fingerprint density at radius 3 is 2.50 bits per heavy atom. The number of aromatic nitrogens is 1. The zero-order valence-corrected chi connectivity index (χ0v) is 10.7. The average molecular weight is 217 g/mol. The quantitative estimate of drug-likeness (QED) is 0.713. The Hall–Kier alpha value is -1.31. The molecule has 0 saturated heterocycles. The molecule has 0 N–H and O–H groups in total. The Morgan fingerprint density at radius 1 is 1.25 bits per heavy atom. The van der Waals surface area contributed by atoms with E-state index in [0.29, 0.717) is 5.92 Å². The van der Waals surface area contributed by atoms with Crippen molar-refractivity contribution in [3.05, 3.63) is 29.8 Å². The second kappa shape index (κ2) is 3.62. The molecule has 0 amide bonds. The topological polar surface area (TPSA) is 26.0 Å². The molecule has 0 unspecified atom stereocenters. The summed E-state index contributed by atoms with van der Waals surface area (Å²) in [6, 6.07) is 2.02. The summed E-state index contributed by atoms with van der Waals surface area (Å²) in [6.07, 6.45) is 3.72. The van der Waals surface area contributed by atoms with Gasteiger partial charge >= 0.3 is 0 Å². The highest BCUT2D eigenvalue weighted by atomic mass is 16.3. The van der Waals surface area contributed by atoms with Crippen molar-refractivity contribution < 1.29 is 4.42 Å². The van der Waals surface area contributed by atoms with Gasteiger partial charge in [0.25, 0.3) is 0 Å². The van der Waals surface area contributed by atoms with E-state index < -0.39 is 0 Å². The lowest BCUT2D eigenvalue weighted by Crippen LogP contribution is -2.12. The molecule has 0 bridgehead atoms. The van der Waals surface area contributed by atoms with E-state index in [4.69, 9.17) is 4.42 Å². The van der Waals surface area contributed by atoms with Crippen LogP contribution in [0.4, 0.5) is 0 Å². The lowest BCUT2D eigenvalue weighted by Gasteiger charge is -2.19. The van der Waals surface area contributed by atoms with Crippen LogP contribution in [0.25, 0.3) is 11.0 Å². The molecule has 0 spiro atoms. The number of nitrogens with zero attached hydrogens (tertiary/aromatic N) is 1. The first-order chi connectivity index (χ1) is 7.41. The van der Waals surface area contributed by atoms with Crippen LogP contribution in [-0.4, -0.2) is 4.98 Å². The van der Waals surface area contributed by atoms with Crippen LogP contribution in [0, 0.1) is 0 Å². The Kier molecular flexibility index (Phi) is 2.53. The molecule has 2 rings (SSSR count). The van der Waals surface area contributed by atoms with Crippen LogP contribution in [0.5, 0.6) is 0 Å². The summed E-state index contributed by atoms with van der Waals surface area (Å²) >= 11 is 0. The summed E-state index contributed by atoms with van der Waals surface area (Å²) in [5.74, 6) is 0.425. The molecule has 2 heteroatoms. The van der Waals surface area contributed by atoms with E-state index in [1.807, 2.05) is 12.3 Å². The van der Waals surface area contributed by atoms with Gasteiger partial charge < -0.3 is 4.42 Å². The van der Waals surface area contributed by atoms with Gasteiger partial charge in [-0.1, -0.05) is 34.6 Å². The first kappa shape index (κ1) is 11.2. The van der Waals surface area contributed by atoms with E-state index in [0.717, 1.165) is 16.7 Å². The molecule has 2 nitrogen and oxygen atoms in total. The number of hydrogen-bond acceptors (Lipinski definition) is 2. The van der Waals surface area contributed by atoms with Crippen LogP contribution < -0.4 is 0 Å². The molecule has 0 saturated carbocycles. The molecule has 0 aliphatic carbocycles.